The lowest BCUT2D eigenvalue weighted by atomic mass is 10.0. The SMILES string of the molecule is COc1cc(N2CCOCC2)ccc1Nc1nc(NC2CCC(=O)N(C)c3cccc(OC)c32)ncc1Cl. The van der Waals surface area contributed by atoms with Crippen molar-refractivity contribution in [2.45, 2.75) is 18.9 Å². The standard InChI is InChI=1S/C27H31ClN6O4/c1-33-21-5-4-6-22(36-2)25(21)20(9-10-24(33)35)31-27-29-16-18(28)26(32-27)30-19-8-7-17(15-23(19)37-3)34-11-13-38-14-12-34/h4-8,15-16,20H,9-14H2,1-3H3,(H2,29,30,31,32). The van der Waals surface area contributed by atoms with Crippen LogP contribution in [0.5, 0.6) is 11.5 Å². The lowest BCUT2D eigenvalue weighted by molar-refractivity contribution is -0.118. The van der Waals surface area contributed by atoms with Crippen LogP contribution in [0.25, 0.3) is 0 Å². The molecule has 1 aromatic heterocycles. The Kier molecular flexibility index (Phi) is 7.71. The predicted molar refractivity (Wildman–Crippen MR) is 148 cm³/mol. The van der Waals surface area contributed by atoms with E-state index in [1.807, 2.05) is 36.4 Å². The first-order chi connectivity index (χ1) is 18.5. The van der Waals surface area contributed by atoms with Gasteiger partial charge in [-0.1, -0.05) is 17.7 Å². The fourth-order valence-electron chi connectivity index (χ4n) is 4.82. The van der Waals surface area contributed by atoms with Crippen molar-refractivity contribution < 1.29 is 19.0 Å². The molecule has 2 N–H and O–H groups in total. The zero-order valence-electron chi connectivity index (χ0n) is 21.7. The number of aromatic nitrogens is 2. The van der Waals surface area contributed by atoms with E-state index in [4.69, 9.17) is 25.8 Å². The molecule has 0 spiro atoms. The fourth-order valence-corrected chi connectivity index (χ4v) is 4.96. The van der Waals surface area contributed by atoms with Crippen molar-refractivity contribution in [1.82, 2.24) is 9.97 Å². The van der Waals surface area contributed by atoms with Crippen LogP contribution < -0.4 is 29.9 Å². The van der Waals surface area contributed by atoms with Crippen molar-refractivity contribution in [2.75, 3.05) is 68.0 Å². The van der Waals surface area contributed by atoms with Crippen LogP contribution >= 0.6 is 11.6 Å². The van der Waals surface area contributed by atoms with Gasteiger partial charge in [-0.3, -0.25) is 4.79 Å². The quantitative estimate of drug-likeness (QED) is 0.445. The normalized spacial score (nSPS) is 17.5. The molecule has 2 aliphatic rings. The van der Waals surface area contributed by atoms with Crippen LogP contribution in [-0.4, -0.2) is 63.4 Å². The summed E-state index contributed by atoms with van der Waals surface area (Å²) in [6.45, 7) is 3.07. The fraction of sp³-hybridized carbons (Fsp3) is 0.370. The third-order valence-corrected chi connectivity index (χ3v) is 7.13. The number of hydrogen-bond donors (Lipinski definition) is 2. The van der Waals surface area contributed by atoms with Gasteiger partial charge < -0.3 is 34.6 Å². The van der Waals surface area contributed by atoms with Crippen molar-refractivity contribution in [3.05, 3.63) is 53.2 Å². The molecule has 5 rings (SSSR count). The van der Waals surface area contributed by atoms with Crippen molar-refractivity contribution in [3.63, 3.8) is 0 Å². The molecule has 2 aromatic carbocycles. The lowest BCUT2D eigenvalue weighted by Crippen LogP contribution is -2.36. The summed E-state index contributed by atoms with van der Waals surface area (Å²) >= 11 is 6.48. The molecule has 38 heavy (non-hydrogen) atoms. The van der Waals surface area contributed by atoms with Crippen LogP contribution in [0.1, 0.15) is 24.4 Å². The van der Waals surface area contributed by atoms with Gasteiger partial charge in [0.25, 0.3) is 0 Å². The number of nitrogens with zero attached hydrogens (tertiary/aromatic N) is 4. The number of anilines is 5. The molecule has 1 unspecified atom stereocenters. The number of hydrogen-bond acceptors (Lipinski definition) is 9. The molecule has 0 bridgehead atoms. The van der Waals surface area contributed by atoms with E-state index in [1.165, 1.54) is 0 Å². The molecule has 1 amide bonds. The lowest BCUT2D eigenvalue weighted by Gasteiger charge is -2.29. The molecule has 0 saturated carbocycles. The highest BCUT2D eigenvalue weighted by Crippen LogP contribution is 2.41. The molecule has 3 heterocycles. The van der Waals surface area contributed by atoms with E-state index >= 15 is 0 Å². The summed E-state index contributed by atoms with van der Waals surface area (Å²) < 4.78 is 16.8. The summed E-state index contributed by atoms with van der Waals surface area (Å²) in [4.78, 5) is 25.6. The number of morpholine rings is 1. The second-order valence-corrected chi connectivity index (χ2v) is 9.49. The Morgan fingerprint density at radius 1 is 1.11 bits per heavy atom. The smallest absolute Gasteiger partial charge is 0.226 e. The first-order valence-electron chi connectivity index (χ1n) is 12.5. The maximum atomic E-state index is 12.6. The molecule has 2 aliphatic heterocycles. The highest BCUT2D eigenvalue weighted by atomic mass is 35.5. The van der Waals surface area contributed by atoms with E-state index in [-0.39, 0.29) is 11.9 Å². The van der Waals surface area contributed by atoms with Crippen molar-refractivity contribution in [1.29, 1.82) is 0 Å². The molecule has 0 aliphatic carbocycles. The summed E-state index contributed by atoms with van der Waals surface area (Å²) in [5, 5.41) is 7.05. The van der Waals surface area contributed by atoms with E-state index in [2.05, 4.69) is 25.5 Å². The number of ether oxygens (including phenoxy) is 3. The van der Waals surface area contributed by atoms with Gasteiger partial charge in [0, 0.05) is 43.9 Å². The van der Waals surface area contributed by atoms with E-state index in [9.17, 15) is 4.79 Å². The number of benzene rings is 2. The molecule has 200 valence electrons. The molecule has 11 heteroatoms. The van der Waals surface area contributed by atoms with Crippen LogP contribution in [0.2, 0.25) is 5.02 Å². The summed E-state index contributed by atoms with van der Waals surface area (Å²) in [6, 6.07) is 11.4. The summed E-state index contributed by atoms with van der Waals surface area (Å²) in [5.41, 5.74) is 3.47. The highest BCUT2D eigenvalue weighted by molar-refractivity contribution is 6.33. The number of rotatable bonds is 7. The molecule has 1 fully saturated rings. The van der Waals surface area contributed by atoms with Crippen LogP contribution in [0.4, 0.5) is 28.8 Å². The number of carbonyl (C=O) groups excluding carboxylic acids is 1. The monoisotopic (exact) mass is 538 g/mol. The van der Waals surface area contributed by atoms with E-state index in [0.717, 1.165) is 35.7 Å². The van der Waals surface area contributed by atoms with Crippen molar-refractivity contribution in [2.24, 2.45) is 0 Å². The van der Waals surface area contributed by atoms with Gasteiger partial charge in [-0.25, -0.2) is 4.98 Å². The number of fused-ring (bicyclic) bond motifs is 1. The molecule has 3 aromatic rings. The minimum Gasteiger partial charge on any atom is -0.496 e. The highest BCUT2D eigenvalue weighted by Gasteiger charge is 2.29. The predicted octanol–water partition coefficient (Wildman–Crippen LogP) is 4.64. The second-order valence-electron chi connectivity index (χ2n) is 9.08. The van der Waals surface area contributed by atoms with Crippen LogP contribution in [0.3, 0.4) is 0 Å². The first kappa shape index (κ1) is 25.9. The van der Waals surface area contributed by atoms with Gasteiger partial charge >= 0.3 is 0 Å². The van der Waals surface area contributed by atoms with E-state index < -0.39 is 0 Å². The zero-order valence-corrected chi connectivity index (χ0v) is 22.4. The average molecular weight is 539 g/mol. The van der Waals surface area contributed by atoms with Crippen LogP contribution in [-0.2, 0) is 9.53 Å². The summed E-state index contributed by atoms with van der Waals surface area (Å²) in [5.74, 6) is 2.21. The van der Waals surface area contributed by atoms with Gasteiger partial charge in [0.1, 0.15) is 16.5 Å². The van der Waals surface area contributed by atoms with Crippen molar-refractivity contribution in [3.8, 4) is 11.5 Å². The van der Waals surface area contributed by atoms with E-state index in [1.54, 1.807) is 32.4 Å². The summed E-state index contributed by atoms with van der Waals surface area (Å²) in [7, 11) is 5.03. The Morgan fingerprint density at radius 2 is 1.89 bits per heavy atom. The van der Waals surface area contributed by atoms with Gasteiger partial charge in [-0.05, 0) is 30.7 Å². The molecule has 1 saturated heterocycles. The van der Waals surface area contributed by atoms with Crippen molar-refractivity contribution >= 4 is 46.3 Å². The Bertz CT molecular complexity index is 1320. The summed E-state index contributed by atoms with van der Waals surface area (Å²) in [6.07, 6.45) is 2.48. The van der Waals surface area contributed by atoms with Gasteiger partial charge in [-0.15, -0.1) is 0 Å². The van der Waals surface area contributed by atoms with Crippen LogP contribution in [0.15, 0.2) is 42.6 Å². The van der Waals surface area contributed by atoms with Crippen LogP contribution in [0, 0.1) is 0 Å². The molecule has 0 radical (unpaired) electrons. The Morgan fingerprint density at radius 3 is 2.66 bits per heavy atom. The number of nitrogens with one attached hydrogen (secondary N) is 2. The third-order valence-electron chi connectivity index (χ3n) is 6.86. The maximum absolute atomic E-state index is 12.6. The van der Waals surface area contributed by atoms with Gasteiger partial charge in [0.05, 0.1) is 51.0 Å². The first-order valence-corrected chi connectivity index (χ1v) is 12.9. The number of amides is 1. The average Bonchev–Trinajstić information content (AvgIpc) is 3.07. The molecular weight excluding hydrogens is 508 g/mol. The number of halogens is 1. The van der Waals surface area contributed by atoms with Gasteiger partial charge in [0.15, 0.2) is 5.82 Å². The Balaban J connectivity index is 1.41. The third kappa shape index (κ3) is 5.27. The zero-order chi connectivity index (χ0) is 26.6. The van der Waals surface area contributed by atoms with E-state index in [0.29, 0.717) is 54.3 Å². The maximum Gasteiger partial charge on any atom is 0.226 e. The number of carbonyl (C=O) groups is 1. The second kappa shape index (κ2) is 11.3. The minimum absolute atomic E-state index is 0.0378. The molecule has 1 atom stereocenters. The molecular formula is C27H31ClN6O4. The number of methoxy groups -OCH3 is 2. The Hall–Kier alpha value is -3.76. The largest absolute Gasteiger partial charge is 0.496 e. The van der Waals surface area contributed by atoms with Gasteiger partial charge in [-0.2, -0.15) is 4.98 Å². The molecule has 10 nitrogen and oxygen atoms in total. The van der Waals surface area contributed by atoms with Gasteiger partial charge in [0.2, 0.25) is 11.9 Å². The topological polar surface area (TPSA) is 101 Å². The minimum atomic E-state index is -0.244. The Labute approximate surface area is 226 Å².